The van der Waals surface area contributed by atoms with Gasteiger partial charge in [-0.05, 0) is 12.1 Å². The number of benzene rings is 1. The maximum Gasteiger partial charge on any atom is 0.313 e. The Morgan fingerprint density at radius 1 is 1.00 bits per heavy atom. The van der Waals surface area contributed by atoms with E-state index in [0.29, 0.717) is 0 Å². The molecule has 14 nitrogen and oxygen atoms in total. The second kappa shape index (κ2) is 10.3. The summed E-state index contributed by atoms with van der Waals surface area (Å²) < 4.78 is 9.87. The summed E-state index contributed by atoms with van der Waals surface area (Å²) in [5, 5.41) is 28.5. The van der Waals surface area contributed by atoms with Gasteiger partial charge in [-0.3, -0.25) is 14.9 Å². The van der Waals surface area contributed by atoms with Gasteiger partial charge in [-0.25, -0.2) is 0 Å². The number of carbonyl (C=O) groups excluding carboxylic acids is 1. The second-order valence-electron chi connectivity index (χ2n) is 4.52. The minimum atomic E-state index is -1.35. The van der Waals surface area contributed by atoms with Crippen molar-refractivity contribution in [3.8, 4) is 5.75 Å². The van der Waals surface area contributed by atoms with Gasteiger partial charge in [0.05, 0.1) is 24.6 Å². The molecule has 1 atom stereocenters. The highest BCUT2D eigenvalue weighted by atomic mass is 17.0. The van der Waals surface area contributed by atoms with Gasteiger partial charge in [0, 0.05) is 12.1 Å². The Bertz CT molecular complexity index is 648. The van der Waals surface area contributed by atoms with Crippen LogP contribution >= 0.6 is 0 Å². The Balaban J connectivity index is 2.33. The fourth-order valence-corrected chi connectivity index (χ4v) is 1.56. The Kier molecular flexibility index (Phi) is 8.15. The van der Waals surface area contributed by atoms with Crippen molar-refractivity contribution < 1.29 is 39.0 Å². The average Bonchev–Trinajstić information content (AvgIpc) is 2.56. The molecule has 0 saturated heterocycles. The van der Waals surface area contributed by atoms with Gasteiger partial charge in [-0.2, -0.15) is 0 Å². The number of esters is 1. The van der Waals surface area contributed by atoms with Crippen LogP contribution in [0.3, 0.4) is 0 Å². The van der Waals surface area contributed by atoms with E-state index in [1.807, 2.05) is 0 Å². The van der Waals surface area contributed by atoms with Crippen LogP contribution < -0.4 is 4.74 Å². The fraction of sp³-hybridized carbons (Fsp3) is 0.417. The molecule has 0 heterocycles. The standard InChI is InChI=1S/C12H13N3O11/c16-12(25-10-3-1-9(2-4-10)13(17)18)5-6-23-7-11(26-15(21)22)8-24-14(19)20/h1-4,11H,5-8H2/t11-/m0/s1. The summed E-state index contributed by atoms with van der Waals surface area (Å²) in [6.07, 6.45) is -1.58. The van der Waals surface area contributed by atoms with Crippen LogP contribution in [0.25, 0.3) is 0 Å². The van der Waals surface area contributed by atoms with Gasteiger partial charge >= 0.3 is 5.97 Å². The van der Waals surface area contributed by atoms with Crippen molar-refractivity contribution in [2.45, 2.75) is 12.5 Å². The van der Waals surface area contributed by atoms with E-state index in [1.165, 1.54) is 12.1 Å². The first-order chi connectivity index (χ1) is 12.3. The normalized spacial score (nSPS) is 11.2. The quantitative estimate of drug-likeness (QED) is 0.164. The van der Waals surface area contributed by atoms with Crippen molar-refractivity contribution >= 4 is 11.7 Å². The van der Waals surface area contributed by atoms with Gasteiger partial charge in [0.2, 0.25) is 0 Å². The maximum absolute atomic E-state index is 11.6. The van der Waals surface area contributed by atoms with E-state index in [2.05, 4.69) is 9.68 Å². The lowest BCUT2D eigenvalue weighted by atomic mass is 10.3. The van der Waals surface area contributed by atoms with E-state index in [1.54, 1.807) is 0 Å². The fourth-order valence-electron chi connectivity index (χ4n) is 1.56. The number of nitrogens with zero attached hydrogens (tertiary/aromatic N) is 3. The van der Waals surface area contributed by atoms with Crippen molar-refractivity contribution in [3.05, 3.63) is 54.6 Å². The van der Waals surface area contributed by atoms with Crippen molar-refractivity contribution in [2.75, 3.05) is 19.8 Å². The lowest BCUT2D eigenvalue weighted by Crippen LogP contribution is -2.29. The van der Waals surface area contributed by atoms with Crippen LogP contribution in [0.5, 0.6) is 5.75 Å². The largest absolute Gasteiger partial charge is 0.426 e. The zero-order valence-corrected chi connectivity index (χ0v) is 13.0. The monoisotopic (exact) mass is 375 g/mol. The molecule has 0 aliphatic carbocycles. The number of non-ortho nitro benzene ring substituents is 1. The summed E-state index contributed by atoms with van der Waals surface area (Å²) in [7, 11) is 0. The molecular weight excluding hydrogens is 362 g/mol. The molecule has 0 amide bonds. The molecule has 0 aromatic heterocycles. The first-order valence-electron chi connectivity index (χ1n) is 6.89. The molecule has 0 bridgehead atoms. The van der Waals surface area contributed by atoms with Crippen molar-refractivity contribution in [2.24, 2.45) is 0 Å². The van der Waals surface area contributed by atoms with Crippen molar-refractivity contribution in [1.29, 1.82) is 0 Å². The molecule has 0 aliphatic rings. The zero-order chi connectivity index (χ0) is 19.5. The summed E-state index contributed by atoms with van der Waals surface area (Å²) >= 11 is 0. The Labute approximate surface area is 144 Å². The predicted octanol–water partition coefficient (Wildman–Crippen LogP) is 0.692. The number of carbonyl (C=O) groups is 1. The third-order valence-electron chi connectivity index (χ3n) is 2.63. The molecule has 1 aromatic rings. The van der Waals surface area contributed by atoms with E-state index in [4.69, 9.17) is 9.47 Å². The molecule has 0 fully saturated rings. The molecule has 0 N–H and O–H groups in total. The molecule has 0 spiro atoms. The second-order valence-corrected chi connectivity index (χ2v) is 4.52. The van der Waals surface area contributed by atoms with Gasteiger partial charge in [0.25, 0.3) is 15.9 Å². The molecule has 142 valence electrons. The van der Waals surface area contributed by atoms with Gasteiger partial charge in [-0.1, -0.05) is 0 Å². The summed E-state index contributed by atoms with van der Waals surface area (Å²) in [5.74, 6) is -0.623. The molecular formula is C12H13N3O11. The summed E-state index contributed by atoms with van der Waals surface area (Å²) in [6, 6.07) is 4.81. The topological polar surface area (TPSA) is 183 Å². The lowest BCUT2D eigenvalue weighted by molar-refractivity contribution is -0.790. The van der Waals surface area contributed by atoms with E-state index in [0.717, 1.165) is 12.1 Å². The maximum atomic E-state index is 11.6. The third-order valence-corrected chi connectivity index (χ3v) is 2.63. The van der Waals surface area contributed by atoms with Gasteiger partial charge < -0.3 is 19.1 Å². The molecule has 0 radical (unpaired) electrons. The number of rotatable bonds is 12. The highest BCUT2D eigenvalue weighted by Crippen LogP contribution is 2.17. The zero-order valence-electron chi connectivity index (χ0n) is 13.0. The Morgan fingerprint density at radius 3 is 2.19 bits per heavy atom. The summed E-state index contributed by atoms with van der Waals surface area (Å²) in [4.78, 5) is 49.9. The van der Waals surface area contributed by atoms with Crippen LogP contribution in [0.4, 0.5) is 5.69 Å². The highest BCUT2D eigenvalue weighted by Gasteiger charge is 2.16. The first-order valence-corrected chi connectivity index (χ1v) is 6.89. The van der Waals surface area contributed by atoms with Gasteiger partial charge in [0.1, 0.15) is 12.4 Å². The predicted molar refractivity (Wildman–Crippen MR) is 79.0 cm³/mol. The number of ether oxygens (including phenoxy) is 2. The average molecular weight is 375 g/mol. The molecule has 14 heteroatoms. The van der Waals surface area contributed by atoms with Crippen molar-refractivity contribution in [3.63, 3.8) is 0 Å². The van der Waals surface area contributed by atoms with Crippen LogP contribution in [0.15, 0.2) is 24.3 Å². The van der Waals surface area contributed by atoms with Crippen LogP contribution in [0, 0.1) is 30.3 Å². The lowest BCUT2D eigenvalue weighted by Gasteiger charge is -2.13. The highest BCUT2D eigenvalue weighted by molar-refractivity contribution is 5.72. The van der Waals surface area contributed by atoms with Crippen LogP contribution in [-0.4, -0.2) is 47.0 Å². The van der Waals surface area contributed by atoms with Crippen molar-refractivity contribution in [1.82, 2.24) is 0 Å². The van der Waals surface area contributed by atoms with E-state index in [-0.39, 0.29) is 24.5 Å². The van der Waals surface area contributed by atoms with E-state index < -0.39 is 40.4 Å². The first kappa shape index (κ1) is 20.5. The SMILES string of the molecule is O=C(CCOC[C@@H](CO[N+](=O)[O-])O[N+](=O)[O-])Oc1ccc([N+](=O)[O-])cc1. The van der Waals surface area contributed by atoms with E-state index >= 15 is 0 Å². The Morgan fingerprint density at radius 2 is 1.65 bits per heavy atom. The Hall–Kier alpha value is -3.55. The van der Waals surface area contributed by atoms with Crippen LogP contribution in [0.1, 0.15) is 6.42 Å². The molecule has 0 saturated carbocycles. The minimum absolute atomic E-state index is 0.0922. The number of nitro groups is 1. The molecule has 26 heavy (non-hydrogen) atoms. The van der Waals surface area contributed by atoms with Gasteiger partial charge in [-0.15, -0.1) is 20.2 Å². The van der Waals surface area contributed by atoms with Crippen LogP contribution in [0.2, 0.25) is 0 Å². The summed E-state index contributed by atoms with van der Waals surface area (Å²) in [6.45, 7) is -1.36. The van der Waals surface area contributed by atoms with E-state index in [9.17, 15) is 35.1 Å². The number of nitro benzene ring substituents is 1. The minimum Gasteiger partial charge on any atom is -0.426 e. The third kappa shape index (κ3) is 8.34. The van der Waals surface area contributed by atoms with Gasteiger partial charge in [0.15, 0.2) is 6.10 Å². The van der Waals surface area contributed by atoms with Crippen LogP contribution in [-0.2, 0) is 19.2 Å². The molecule has 1 aromatic carbocycles. The number of hydrogen-bond donors (Lipinski definition) is 0. The molecule has 0 aliphatic heterocycles. The number of hydrogen-bond acceptors (Lipinski definition) is 11. The smallest absolute Gasteiger partial charge is 0.313 e. The molecule has 1 rings (SSSR count). The molecule has 0 unspecified atom stereocenters. The summed E-state index contributed by atoms with van der Waals surface area (Å²) in [5.41, 5.74) is -0.165.